The van der Waals surface area contributed by atoms with E-state index in [-0.39, 0.29) is 18.9 Å². The second-order valence-electron chi connectivity index (χ2n) is 5.66. The Bertz CT molecular complexity index is 745. The maximum atomic E-state index is 12.9. The third kappa shape index (κ3) is 3.28. The van der Waals surface area contributed by atoms with Crippen LogP contribution in [-0.4, -0.2) is 62.4 Å². The smallest absolute Gasteiger partial charge is 0.305 e. The largest absolute Gasteiger partial charge is 0.481 e. The average Bonchev–Trinajstić information content (AvgIpc) is 3.08. The van der Waals surface area contributed by atoms with Gasteiger partial charge in [-0.2, -0.15) is 5.10 Å². The van der Waals surface area contributed by atoms with E-state index in [9.17, 15) is 9.59 Å². The van der Waals surface area contributed by atoms with E-state index in [4.69, 9.17) is 9.84 Å². The number of nitrogens with zero attached hydrogens (tertiary/aromatic N) is 4. The summed E-state index contributed by atoms with van der Waals surface area (Å²) in [6, 6.07) is 4.94. The SMILES string of the molecule is Cc1cc(-n2cncn2)ccc1C(=O)N1CCOCC1CC(=O)O. The Kier molecular flexibility index (Phi) is 4.57. The molecule has 3 rings (SSSR count). The van der Waals surface area contributed by atoms with Gasteiger partial charge in [0.15, 0.2) is 0 Å². The van der Waals surface area contributed by atoms with Crippen LogP contribution in [0.4, 0.5) is 0 Å². The highest BCUT2D eigenvalue weighted by atomic mass is 16.5. The molecule has 0 aliphatic carbocycles. The molecule has 1 unspecified atom stereocenters. The molecule has 0 radical (unpaired) electrons. The molecule has 1 N–H and O–H groups in total. The number of carboxylic acid groups (broad SMARTS) is 1. The van der Waals surface area contributed by atoms with Gasteiger partial charge in [-0.05, 0) is 30.7 Å². The van der Waals surface area contributed by atoms with Crippen LogP contribution in [-0.2, 0) is 9.53 Å². The Hall–Kier alpha value is -2.74. The normalized spacial score (nSPS) is 17.7. The van der Waals surface area contributed by atoms with Gasteiger partial charge < -0.3 is 14.7 Å². The lowest BCUT2D eigenvalue weighted by Crippen LogP contribution is -2.49. The first kappa shape index (κ1) is 16.1. The number of morpholine rings is 1. The minimum absolute atomic E-state index is 0.123. The summed E-state index contributed by atoms with van der Waals surface area (Å²) in [5.74, 6) is -1.12. The van der Waals surface area contributed by atoms with E-state index < -0.39 is 12.0 Å². The highest BCUT2D eigenvalue weighted by Gasteiger charge is 2.30. The molecule has 2 heterocycles. The van der Waals surface area contributed by atoms with Gasteiger partial charge in [0.05, 0.1) is 31.4 Å². The highest BCUT2D eigenvalue weighted by Crippen LogP contribution is 2.19. The summed E-state index contributed by atoms with van der Waals surface area (Å²) in [5, 5.41) is 13.1. The average molecular weight is 330 g/mol. The van der Waals surface area contributed by atoms with E-state index in [0.717, 1.165) is 11.3 Å². The fourth-order valence-corrected chi connectivity index (χ4v) is 2.82. The minimum Gasteiger partial charge on any atom is -0.481 e. The lowest BCUT2D eigenvalue weighted by Gasteiger charge is -2.35. The van der Waals surface area contributed by atoms with Crippen LogP contribution in [0.1, 0.15) is 22.3 Å². The van der Waals surface area contributed by atoms with E-state index in [1.807, 2.05) is 13.0 Å². The number of aryl methyl sites for hydroxylation is 1. The van der Waals surface area contributed by atoms with Crippen LogP contribution >= 0.6 is 0 Å². The molecule has 0 saturated carbocycles. The van der Waals surface area contributed by atoms with Crippen molar-refractivity contribution < 1.29 is 19.4 Å². The molecule has 1 fully saturated rings. The van der Waals surface area contributed by atoms with Gasteiger partial charge >= 0.3 is 5.97 Å². The molecule has 8 heteroatoms. The lowest BCUT2D eigenvalue weighted by molar-refractivity contribution is -0.139. The van der Waals surface area contributed by atoms with Crippen LogP contribution in [0, 0.1) is 6.92 Å². The lowest BCUT2D eigenvalue weighted by atomic mass is 10.0. The molecule has 1 aromatic carbocycles. The number of carbonyl (C=O) groups excluding carboxylic acids is 1. The predicted octanol–water partition coefficient (Wildman–Crippen LogP) is 0.891. The second kappa shape index (κ2) is 6.79. The quantitative estimate of drug-likeness (QED) is 0.894. The fraction of sp³-hybridized carbons (Fsp3) is 0.375. The third-order valence-corrected chi connectivity index (χ3v) is 4.02. The molecule has 1 aromatic heterocycles. The number of carboxylic acids is 1. The number of aliphatic carboxylic acids is 1. The van der Waals surface area contributed by atoms with Crippen LogP contribution in [0.25, 0.3) is 5.69 Å². The van der Waals surface area contributed by atoms with Crippen molar-refractivity contribution in [1.29, 1.82) is 0 Å². The molecule has 8 nitrogen and oxygen atoms in total. The van der Waals surface area contributed by atoms with Crippen molar-refractivity contribution in [2.45, 2.75) is 19.4 Å². The number of hydrogen-bond donors (Lipinski definition) is 1. The zero-order valence-electron chi connectivity index (χ0n) is 13.3. The van der Waals surface area contributed by atoms with E-state index >= 15 is 0 Å². The van der Waals surface area contributed by atoms with Gasteiger partial charge in [0.2, 0.25) is 0 Å². The first-order valence-corrected chi connectivity index (χ1v) is 7.62. The van der Waals surface area contributed by atoms with Crippen LogP contribution in [0.2, 0.25) is 0 Å². The van der Waals surface area contributed by atoms with Crippen molar-refractivity contribution in [1.82, 2.24) is 19.7 Å². The molecule has 0 spiro atoms. The summed E-state index contributed by atoms with van der Waals surface area (Å²) in [6.07, 6.45) is 2.90. The van der Waals surface area contributed by atoms with Crippen LogP contribution in [0.3, 0.4) is 0 Å². The van der Waals surface area contributed by atoms with Gasteiger partial charge in [-0.15, -0.1) is 0 Å². The number of hydrogen-bond acceptors (Lipinski definition) is 5. The molecule has 24 heavy (non-hydrogen) atoms. The molecule has 0 bridgehead atoms. The molecule has 1 saturated heterocycles. The number of aromatic nitrogens is 3. The monoisotopic (exact) mass is 330 g/mol. The fourth-order valence-electron chi connectivity index (χ4n) is 2.82. The number of benzene rings is 1. The Morgan fingerprint density at radius 1 is 1.42 bits per heavy atom. The molecular weight excluding hydrogens is 312 g/mol. The van der Waals surface area contributed by atoms with Crippen LogP contribution in [0.15, 0.2) is 30.9 Å². The first-order valence-electron chi connectivity index (χ1n) is 7.62. The van der Waals surface area contributed by atoms with Crippen molar-refractivity contribution in [3.8, 4) is 5.69 Å². The summed E-state index contributed by atoms with van der Waals surface area (Å²) in [4.78, 5) is 29.4. The number of amides is 1. The van der Waals surface area contributed by atoms with Crippen LogP contribution in [0.5, 0.6) is 0 Å². The third-order valence-electron chi connectivity index (χ3n) is 4.02. The van der Waals surface area contributed by atoms with E-state index in [1.165, 1.54) is 6.33 Å². The summed E-state index contributed by atoms with van der Waals surface area (Å²) in [5.41, 5.74) is 2.16. The van der Waals surface area contributed by atoms with Crippen molar-refractivity contribution in [2.24, 2.45) is 0 Å². The van der Waals surface area contributed by atoms with Crippen LogP contribution < -0.4 is 0 Å². The molecule has 126 valence electrons. The number of ether oxygens (including phenoxy) is 1. The molecular formula is C16H18N4O4. The minimum atomic E-state index is -0.943. The maximum Gasteiger partial charge on any atom is 0.305 e. The zero-order valence-corrected chi connectivity index (χ0v) is 13.3. The standard InChI is InChI=1S/C16H18N4O4/c1-11-6-12(20-10-17-9-18-20)2-3-14(11)16(23)19-4-5-24-8-13(19)7-15(21)22/h2-3,6,9-10,13H,4-5,7-8H2,1H3,(H,21,22). The summed E-state index contributed by atoms with van der Waals surface area (Å²) >= 11 is 0. The summed E-state index contributed by atoms with van der Waals surface area (Å²) in [7, 11) is 0. The predicted molar refractivity (Wildman–Crippen MR) is 84.0 cm³/mol. The Balaban J connectivity index is 1.84. The van der Waals surface area contributed by atoms with Crippen molar-refractivity contribution in [3.63, 3.8) is 0 Å². The topological polar surface area (TPSA) is 97.5 Å². The van der Waals surface area contributed by atoms with Crippen molar-refractivity contribution in [3.05, 3.63) is 42.0 Å². The zero-order chi connectivity index (χ0) is 17.1. The second-order valence-corrected chi connectivity index (χ2v) is 5.66. The first-order chi connectivity index (χ1) is 11.6. The van der Waals surface area contributed by atoms with E-state index in [2.05, 4.69) is 10.1 Å². The molecule has 1 aliphatic heterocycles. The van der Waals surface area contributed by atoms with Gasteiger partial charge in [0, 0.05) is 12.1 Å². The number of carbonyl (C=O) groups is 2. The van der Waals surface area contributed by atoms with Gasteiger partial charge in [0.1, 0.15) is 12.7 Å². The maximum absolute atomic E-state index is 12.9. The molecule has 1 atom stereocenters. The van der Waals surface area contributed by atoms with Crippen molar-refractivity contribution in [2.75, 3.05) is 19.8 Å². The van der Waals surface area contributed by atoms with Gasteiger partial charge in [-0.3, -0.25) is 9.59 Å². The van der Waals surface area contributed by atoms with Crippen molar-refractivity contribution >= 4 is 11.9 Å². The molecule has 2 aromatic rings. The van der Waals surface area contributed by atoms with E-state index in [1.54, 1.807) is 28.0 Å². The number of rotatable bonds is 4. The molecule has 1 amide bonds. The summed E-state index contributed by atoms with van der Waals surface area (Å²) in [6.45, 7) is 2.90. The Morgan fingerprint density at radius 3 is 2.92 bits per heavy atom. The Labute approximate surface area is 138 Å². The van der Waals surface area contributed by atoms with Gasteiger partial charge in [-0.25, -0.2) is 9.67 Å². The summed E-state index contributed by atoms with van der Waals surface area (Å²) < 4.78 is 6.94. The molecule has 1 aliphatic rings. The highest BCUT2D eigenvalue weighted by molar-refractivity contribution is 5.96. The van der Waals surface area contributed by atoms with E-state index in [0.29, 0.717) is 18.7 Å². The van der Waals surface area contributed by atoms with Gasteiger partial charge in [-0.1, -0.05) is 0 Å². The van der Waals surface area contributed by atoms with Gasteiger partial charge in [0.25, 0.3) is 5.91 Å². The Morgan fingerprint density at radius 2 is 2.25 bits per heavy atom.